The fraction of sp³-hybridized carbons (Fsp3) is 0.0909. The Hall–Kier alpha value is -1.71. The molecule has 0 bridgehead atoms. The monoisotopic (exact) mass is 278 g/mol. The summed E-state index contributed by atoms with van der Waals surface area (Å²) in [5, 5.41) is 3.67. The fourth-order valence-electron chi connectivity index (χ4n) is 1.38. The summed E-state index contributed by atoms with van der Waals surface area (Å²) < 4.78 is 5.71. The van der Waals surface area contributed by atoms with Gasteiger partial charge < -0.3 is 4.52 Å². The number of rotatable bonds is 2. The predicted molar refractivity (Wildman–Crippen MR) is 62.2 cm³/mol. The first-order chi connectivity index (χ1) is 7.74. The van der Waals surface area contributed by atoms with Crippen LogP contribution in [0.1, 0.15) is 5.56 Å². The fourth-order valence-corrected chi connectivity index (χ4v) is 1.83. The molecular weight excluding hydrogens is 272 g/mol. The van der Waals surface area contributed by atoms with Gasteiger partial charge in [-0.2, -0.15) is 0 Å². The Morgan fingerprint density at radius 3 is 2.88 bits per heavy atom. The Morgan fingerprint density at radius 1 is 1.44 bits per heavy atom. The second-order valence-electron chi connectivity index (χ2n) is 3.17. The third-order valence-electron chi connectivity index (χ3n) is 2.16. The maximum atomic E-state index is 10.1. The lowest BCUT2D eigenvalue weighted by Crippen LogP contribution is -1.80. The van der Waals surface area contributed by atoms with E-state index in [-0.39, 0.29) is 5.82 Å². The first-order valence-corrected chi connectivity index (χ1v) is 5.32. The summed E-state index contributed by atoms with van der Waals surface area (Å²) in [6, 6.07) is 7.72. The van der Waals surface area contributed by atoms with Gasteiger partial charge in [-0.1, -0.05) is 29.4 Å². The number of aryl methyl sites for hydroxylation is 1. The van der Waals surface area contributed by atoms with E-state index in [4.69, 9.17) is 4.52 Å². The SMILES string of the molecule is Cc1ccccc1-c1onc(N=C=O)c1Br. The zero-order valence-corrected chi connectivity index (χ0v) is 9.98. The number of hydrogen-bond donors (Lipinski definition) is 0. The largest absolute Gasteiger partial charge is 0.353 e. The molecule has 2 rings (SSSR count). The number of benzene rings is 1. The lowest BCUT2D eigenvalue weighted by atomic mass is 10.1. The summed E-state index contributed by atoms with van der Waals surface area (Å²) in [7, 11) is 0. The molecule has 0 N–H and O–H groups in total. The minimum Gasteiger partial charge on any atom is -0.353 e. The van der Waals surface area contributed by atoms with E-state index >= 15 is 0 Å². The van der Waals surface area contributed by atoms with Crippen molar-refractivity contribution in [2.24, 2.45) is 4.99 Å². The minimum atomic E-state index is 0.202. The second-order valence-corrected chi connectivity index (χ2v) is 3.96. The molecule has 0 aliphatic carbocycles. The molecule has 5 heteroatoms. The molecule has 16 heavy (non-hydrogen) atoms. The van der Waals surface area contributed by atoms with E-state index in [0.29, 0.717) is 10.2 Å². The smallest absolute Gasteiger partial charge is 0.242 e. The highest BCUT2D eigenvalue weighted by molar-refractivity contribution is 9.10. The third-order valence-corrected chi connectivity index (χ3v) is 2.88. The average Bonchev–Trinajstić information content (AvgIpc) is 2.62. The molecule has 0 amide bonds. The highest BCUT2D eigenvalue weighted by atomic mass is 79.9. The predicted octanol–water partition coefficient (Wildman–Crippen LogP) is 3.38. The van der Waals surface area contributed by atoms with Crippen molar-refractivity contribution >= 4 is 27.8 Å². The van der Waals surface area contributed by atoms with Gasteiger partial charge >= 0.3 is 0 Å². The van der Waals surface area contributed by atoms with E-state index in [1.165, 1.54) is 6.08 Å². The van der Waals surface area contributed by atoms with Gasteiger partial charge in [0.2, 0.25) is 11.9 Å². The minimum absolute atomic E-state index is 0.202. The first-order valence-electron chi connectivity index (χ1n) is 4.53. The van der Waals surface area contributed by atoms with Gasteiger partial charge in [-0.05, 0) is 28.4 Å². The molecule has 0 unspecified atom stereocenters. The molecule has 0 spiro atoms. The number of aliphatic imine (C=N–C) groups is 1. The Morgan fingerprint density at radius 2 is 2.19 bits per heavy atom. The van der Waals surface area contributed by atoms with Gasteiger partial charge in [0, 0.05) is 5.56 Å². The van der Waals surface area contributed by atoms with Crippen molar-refractivity contribution < 1.29 is 9.32 Å². The van der Waals surface area contributed by atoms with Crippen LogP contribution >= 0.6 is 15.9 Å². The van der Waals surface area contributed by atoms with Crippen LogP contribution in [-0.2, 0) is 4.79 Å². The van der Waals surface area contributed by atoms with Gasteiger partial charge in [-0.15, -0.1) is 4.99 Å². The van der Waals surface area contributed by atoms with E-state index in [2.05, 4.69) is 26.1 Å². The molecule has 0 saturated carbocycles. The van der Waals surface area contributed by atoms with Crippen LogP contribution in [0.3, 0.4) is 0 Å². The number of halogens is 1. The maximum absolute atomic E-state index is 10.1. The summed E-state index contributed by atoms with van der Waals surface area (Å²) in [6.45, 7) is 1.97. The van der Waals surface area contributed by atoms with Gasteiger partial charge in [-0.25, -0.2) is 4.79 Å². The zero-order valence-electron chi connectivity index (χ0n) is 8.40. The summed E-state index contributed by atoms with van der Waals surface area (Å²) in [5.41, 5.74) is 1.97. The molecule has 80 valence electrons. The lowest BCUT2D eigenvalue weighted by Gasteiger charge is -2.00. The van der Waals surface area contributed by atoms with Crippen LogP contribution in [0, 0.1) is 6.92 Å². The topological polar surface area (TPSA) is 55.5 Å². The number of aromatic nitrogens is 1. The second kappa shape index (κ2) is 4.43. The number of isocyanates is 1. The standard InChI is InChI=1S/C11H7BrN2O2/c1-7-4-2-3-5-8(7)10-9(12)11(13-6-15)14-16-10/h2-5H,1H3. The van der Waals surface area contributed by atoms with Crippen LogP contribution in [0.25, 0.3) is 11.3 Å². The van der Waals surface area contributed by atoms with Gasteiger partial charge in [0.1, 0.15) is 4.47 Å². The van der Waals surface area contributed by atoms with Crippen molar-refractivity contribution in [2.75, 3.05) is 0 Å². The number of nitrogens with zero attached hydrogens (tertiary/aromatic N) is 2. The van der Waals surface area contributed by atoms with Crippen molar-refractivity contribution in [2.45, 2.75) is 6.92 Å². The molecule has 0 aliphatic heterocycles. The normalized spacial score (nSPS) is 9.88. The highest BCUT2D eigenvalue weighted by Crippen LogP contribution is 2.36. The molecule has 0 aliphatic rings. The Balaban J connectivity index is 2.58. The van der Waals surface area contributed by atoms with E-state index in [1.54, 1.807) is 0 Å². The molecule has 0 saturated heterocycles. The Kier molecular flexibility index (Phi) is 2.99. The molecule has 1 aromatic carbocycles. The molecular formula is C11H7BrN2O2. The number of carbonyl (C=O) groups excluding carboxylic acids is 1. The molecule has 4 nitrogen and oxygen atoms in total. The van der Waals surface area contributed by atoms with Crippen LogP contribution in [0.2, 0.25) is 0 Å². The van der Waals surface area contributed by atoms with Gasteiger partial charge in [0.25, 0.3) is 0 Å². The van der Waals surface area contributed by atoms with Crippen LogP contribution in [0.4, 0.5) is 5.82 Å². The Bertz CT molecular complexity index is 571. The molecule has 1 heterocycles. The lowest BCUT2D eigenvalue weighted by molar-refractivity contribution is 0.433. The highest BCUT2D eigenvalue weighted by Gasteiger charge is 2.16. The molecule has 0 atom stereocenters. The van der Waals surface area contributed by atoms with E-state index in [1.807, 2.05) is 31.2 Å². The van der Waals surface area contributed by atoms with Crippen LogP contribution in [0.15, 0.2) is 38.3 Å². The summed E-state index contributed by atoms with van der Waals surface area (Å²) in [4.78, 5) is 13.6. The van der Waals surface area contributed by atoms with Crippen molar-refractivity contribution in [3.63, 3.8) is 0 Å². The Labute approximate surface area is 100 Å². The van der Waals surface area contributed by atoms with Crippen molar-refractivity contribution in [1.82, 2.24) is 5.16 Å². The quantitative estimate of drug-likeness (QED) is 0.625. The first kappa shape index (κ1) is 10.8. The van der Waals surface area contributed by atoms with E-state index in [0.717, 1.165) is 11.1 Å². The molecule has 0 fully saturated rings. The van der Waals surface area contributed by atoms with Crippen molar-refractivity contribution in [3.8, 4) is 11.3 Å². The molecule has 2 aromatic rings. The maximum Gasteiger partial charge on any atom is 0.242 e. The zero-order chi connectivity index (χ0) is 11.5. The van der Waals surface area contributed by atoms with Crippen molar-refractivity contribution in [3.05, 3.63) is 34.3 Å². The summed E-state index contributed by atoms with van der Waals surface area (Å²) in [5.74, 6) is 0.764. The average molecular weight is 279 g/mol. The van der Waals surface area contributed by atoms with E-state index in [9.17, 15) is 4.79 Å². The van der Waals surface area contributed by atoms with Gasteiger partial charge in [0.15, 0.2) is 5.76 Å². The summed E-state index contributed by atoms with van der Waals surface area (Å²) >= 11 is 3.29. The third kappa shape index (κ3) is 1.83. The van der Waals surface area contributed by atoms with Crippen LogP contribution in [0.5, 0.6) is 0 Å². The van der Waals surface area contributed by atoms with Crippen LogP contribution in [-0.4, -0.2) is 11.2 Å². The molecule has 1 aromatic heterocycles. The van der Waals surface area contributed by atoms with Gasteiger partial charge in [0.05, 0.1) is 0 Å². The molecule has 0 radical (unpaired) electrons. The van der Waals surface area contributed by atoms with E-state index < -0.39 is 0 Å². The van der Waals surface area contributed by atoms with Crippen LogP contribution < -0.4 is 0 Å². The van der Waals surface area contributed by atoms with Gasteiger partial charge in [-0.3, -0.25) is 0 Å². The summed E-state index contributed by atoms with van der Waals surface area (Å²) in [6.07, 6.45) is 1.43. The number of hydrogen-bond acceptors (Lipinski definition) is 4. The van der Waals surface area contributed by atoms with Crippen molar-refractivity contribution in [1.29, 1.82) is 0 Å².